The lowest BCUT2D eigenvalue weighted by atomic mass is 9.81. The van der Waals surface area contributed by atoms with Crippen molar-refractivity contribution in [1.82, 2.24) is 0 Å². The fourth-order valence-electron chi connectivity index (χ4n) is 4.94. The lowest BCUT2D eigenvalue weighted by Crippen LogP contribution is -2.18. The third-order valence-electron chi connectivity index (χ3n) is 11.3. The molecule has 1 unspecified atom stereocenters. The molecular weight excluding hydrogens is 881 g/mol. The molecule has 1 aromatic carbocycles. The van der Waals surface area contributed by atoms with Gasteiger partial charge in [-0.3, -0.25) is 0 Å². The second kappa shape index (κ2) is 45.1. The van der Waals surface area contributed by atoms with Gasteiger partial charge in [0.25, 0.3) is 0 Å². The molecule has 0 saturated heterocycles. The minimum atomic E-state index is 0.319. The van der Waals surface area contributed by atoms with E-state index >= 15 is 0 Å². The van der Waals surface area contributed by atoms with Gasteiger partial charge in [-0.25, -0.2) is 0 Å². The summed E-state index contributed by atoms with van der Waals surface area (Å²) < 4.78 is 0. The Morgan fingerprint density at radius 1 is 0.397 bits per heavy atom. The highest BCUT2D eigenvalue weighted by atomic mass is 14.6. The van der Waals surface area contributed by atoms with Crippen LogP contribution < -0.4 is 11.5 Å². The molecule has 73 heavy (non-hydrogen) atoms. The Morgan fingerprint density at radius 3 is 0.795 bits per heavy atom. The zero-order valence-corrected chi connectivity index (χ0v) is 59.8. The Kier molecular flexibility index (Phi) is 56.5. The van der Waals surface area contributed by atoms with Crippen LogP contribution in [0.4, 0.5) is 0 Å². The Morgan fingerprint density at radius 2 is 0.712 bits per heavy atom. The summed E-state index contributed by atoms with van der Waals surface area (Å²) in [4.78, 5) is 0. The number of benzene rings is 1. The first-order valence-corrected chi connectivity index (χ1v) is 30.2. The van der Waals surface area contributed by atoms with Gasteiger partial charge in [-0.1, -0.05) is 339 Å². The van der Waals surface area contributed by atoms with E-state index in [-0.39, 0.29) is 0 Å². The second-order valence-electron chi connectivity index (χ2n) is 34.3. The van der Waals surface area contributed by atoms with E-state index in [2.05, 4.69) is 307 Å². The maximum absolute atomic E-state index is 5.31. The Bertz CT molecular complexity index is 1170. The molecule has 0 spiro atoms. The minimum Gasteiger partial charge on any atom is -0.330 e. The van der Waals surface area contributed by atoms with Crippen molar-refractivity contribution in [3.63, 3.8) is 0 Å². The predicted octanol–water partition coefficient (Wildman–Crippen LogP) is 25.0. The van der Waals surface area contributed by atoms with Gasteiger partial charge in [0.1, 0.15) is 0 Å². The molecule has 1 aromatic rings. The zero-order chi connectivity index (χ0) is 61.3. The predicted molar refractivity (Wildman–Crippen MR) is 352 cm³/mol. The summed E-state index contributed by atoms with van der Waals surface area (Å²) in [5.74, 6) is 2.49. The molecule has 0 aliphatic rings. The molecule has 0 amide bonds. The summed E-state index contributed by atoms with van der Waals surface area (Å²) in [5, 5.41) is 0. The maximum atomic E-state index is 5.31. The van der Waals surface area contributed by atoms with Crippen molar-refractivity contribution < 1.29 is 0 Å². The molecule has 450 valence electrons. The Balaban J connectivity index is -0.0000000897. The van der Waals surface area contributed by atoms with Gasteiger partial charge in [0.15, 0.2) is 0 Å². The Labute approximate surface area is 471 Å². The van der Waals surface area contributed by atoms with Crippen LogP contribution in [-0.4, -0.2) is 13.1 Å². The van der Waals surface area contributed by atoms with Gasteiger partial charge in [0, 0.05) is 0 Å². The lowest BCUT2D eigenvalue weighted by molar-refractivity contribution is 0.254. The van der Waals surface area contributed by atoms with Crippen molar-refractivity contribution in [2.24, 2.45) is 83.4 Å². The summed E-state index contributed by atoms with van der Waals surface area (Å²) >= 11 is 0. The molecule has 0 saturated carbocycles. The average molecular weight is 1040 g/mol. The van der Waals surface area contributed by atoms with Gasteiger partial charge in [0.05, 0.1) is 0 Å². The van der Waals surface area contributed by atoms with Crippen LogP contribution in [0.5, 0.6) is 0 Å². The Hall–Kier alpha value is -0.860. The molecule has 1 rings (SSSR count). The third kappa shape index (κ3) is 135. The van der Waals surface area contributed by atoms with Crippen LogP contribution in [0, 0.1) is 71.9 Å². The number of nitrogens with two attached hydrogens (primary N) is 2. The van der Waals surface area contributed by atoms with Crippen molar-refractivity contribution >= 4 is 0 Å². The van der Waals surface area contributed by atoms with E-state index in [1.54, 1.807) is 0 Å². The highest BCUT2D eigenvalue weighted by Crippen LogP contribution is 2.28. The molecule has 0 aliphatic heterocycles. The monoisotopic (exact) mass is 1040 g/mol. The first kappa shape index (κ1) is 91.6. The van der Waals surface area contributed by atoms with E-state index in [1.165, 1.54) is 56.9 Å². The van der Waals surface area contributed by atoms with Crippen LogP contribution >= 0.6 is 0 Å². The van der Waals surface area contributed by atoms with Crippen LogP contribution in [0.2, 0.25) is 0 Å². The maximum Gasteiger partial charge on any atom is -0.00285 e. The third-order valence-corrected chi connectivity index (χ3v) is 11.3. The van der Waals surface area contributed by atoms with E-state index < -0.39 is 0 Å². The highest BCUT2D eigenvalue weighted by molar-refractivity contribution is 5.15. The van der Waals surface area contributed by atoms with Gasteiger partial charge in [-0.15, -0.1) is 0 Å². The molecule has 0 bridgehead atoms. The highest BCUT2D eigenvalue weighted by Gasteiger charge is 2.17. The van der Waals surface area contributed by atoms with Crippen LogP contribution in [-0.2, 0) is 6.42 Å². The van der Waals surface area contributed by atoms with Crippen LogP contribution in [0.25, 0.3) is 0 Å². The normalized spacial score (nSPS) is 12.5. The SMILES string of the molecule is CC(C)(C)C.CC(C)(C)CCN.CC(C)(C)CN.CC(C)(C)Cc1ccccc1.CC(C)C(C)(C)C.CC(C)CC(C)(C)C.CCC(C)(C)C.CCC(C)C(C)(C)C.CCCC(C)(C)C.CCCCC(C)(C)C. The lowest BCUT2D eigenvalue weighted by Gasteiger charge is -2.25. The van der Waals surface area contributed by atoms with E-state index in [1.807, 2.05) is 0 Å². The number of unbranched alkanes of at least 4 members (excludes halogenated alkanes) is 1. The molecule has 0 heterocycles. The molecule has 2 heteroatoms. The fraction of sp³-hybridized carbons (Fsp3) is 0.915. The van der Waals surface area contributed by atoms with Gasteiger partial charge in [-0.2, -0.15) is 0 Å². The van der Waals surface area contributed by atoms with E-state index in [0.29, 0.717) is 54.1 Å². The van der Waals surface area contributed by atoms with Gasteiger partial charge >= 0.3 is 0 Å². The quantitative estimate of drug-likeness (QED) is 0.286. The second-order valence-corrected chi connectivity index (χ2v) is 34.3. The van der Waals surface area contributed by atoms with E-state index in [4.69, 9.17) is 11.5 Å². The summed E-state index contributed by atoms with van der Waals surface area (Å²) in [6.07, 6.45) is 12.9. The van der Waals surface area contributed by atoms with Gasteiger partial charge in [-0.05, 0) is 123 Å². The van der Waals surface area contributed by atoms with Crippen LogP contribution in [0.1, 0.15) is 340 Å². The molecule has 0 fully saturated rings. The number of hydrogen-bond donors (Lipinski definition) is 2. The zero-order valence-electron chi connectivity index (χ0n) is 59.8. The summed E-state index contributed by atoms with van der Waals surface area (Å²) in [7, 11) is 0. The first-order chi connectivity index (χ1) is 31.7. The summed E-state index contributed by atoms with van der Waals surface area (Å²) in [6, 6.07) is 10.6. The largest absolute Gasteiger partial charge is 0.330 e. The van der Waals surface area contributed by atoms with E-state index in [9.17, 15) is 0 Å². The molecule has 2 nitrogen and oxygen atoms in total. The average Bonchev–Trinajstić information content (AvgIpc) is 3.11. The van der Waals surface area contributed by atoms with Crippen molar-refractivity contribution in [3.8, 4) is 0 Å². The topological polar surface area (TPSA) is 52.0 Å². The molecule has 0 aliphatic carbocycles. The van der Waals surface area contributed by atoms with Crippen molar-refractivity contribution in [2.45, 2.75) is 341 Å². The van der Waals surface area contributed by atoms with Crippen molar-refractivity contribution in [3.05, 3.63) is 35.9 Å². The van der Waals surface area contributed by atoms with Crippen LogP contribution in [0.15, 0.2) is 30.3 Å². The summed E-state index contributed by atoms with van der Waals surface area (Å²) in [6.45, 7) is 91.3. The molecule has 1 atom stereocenters. The van der Waals surface area contributed by atoms with Crippen molar-refractivity contribution in [1.29, 1.82) is 0 Å². The number of rotatable bonds is 7. The molecule has 0 aromatic heterocycles. The fourth-order valence-corrected chi connectivity index (χ4v) is 4.94. The minimum absolute atomic E-state index is 0.319. The number of hydrogen-bond acceptors (Lipinski definition) is 2. The van der Waals surface area contributed by atoms with Crippen LogP contribution in [0.3, 0.4) is 0 Å². The van der Waals surface area contributed by atoms with Gasteiger partial charge in [0.2, 0.25) is 0 Å². The van der Waals surface area contributed by atoms with Crippen molar-refractivity contribution in [2.75, 3.05) is 13.1 Å². The summed E-state index contributed by atoms with van der Waals surface area (Å²) in [5.41, 5.74) is 16.9. The smallest absolute Gasteiger partial charge is 0.00285 e. The molecular formula is C71H156N2. The standard InChI is InChI=1S/C11H16.3C8H18.2C7H16.C6H15N.C6H14.C5H13N.C5H12/c1-11(2,3)9-10-7-5-4-6-8-10;1-7(2)6-8(3,4)5;1-6-7(2)8(3,4)5;1-5-6-7-8(2,3)4;1-6(2)7(3,4)5;1-5-6-7(2,3)4;1-6(2,3)4-5-7;1-5-6(2,3)4;1-5(2,3)4-6;1-5(2,3)4/h4-8H,9H2,1-3H3;2*7H,6H2,1-5H3;5-7H2,1-4H3;6H,1-5H3;5-6H2,1-4H3;4-5,7H2,1-3H3;5H2,1-4H3;4,6H2,1-3H3;1-4H3. The first-order valence-electron chi connectivity index (χ1n) is 30.2. The molecule has 0 radical (unpaired) electrons. The molecule has 4 N–H and O–H groups in total. The van der Waals surface area contributed by atoms with Gasteiger partial charge < -0.3 is 11.5 Å². The van der Waals surface area contributed by atoms with E-state index in [0.717, 1.165) is 43.7 Å².